The van der Waals surface area contributed by atoms with Crippen molar-refractivity contribution in [3.8, 4) is 0 Å². The van der Waals surface area contributed by atoms with Crippen molar-refractivity contribution in [3.05, 3.63) is 28.2 Å². The Morgan fingerprint density at radius 3 is 2.96 bits per heavy atom. The number of rotatable bonds is 3. The number of ether oxygens (including phenoxy) is 1. The highest BCUT2D eigenvalue weighted by Crippen LogP contribution is 2.32. The number of fused-ring (bicyclic) bond motifs is 1. The highest BCUT2D eigenvalue weighted by molar-refractivity contribution is 9.10. The van der Waals surface area contributed by atoms with Gasteiger partial charge >= 0.3 is 11.9 Å². The third kappa shape index (κ3) is 3.15. The van der Waals surface area contributed by atoms with E-state index in [9.17, 15) is 14.4 Å². The van der Waals surface area contributed by atoms with Crippen LogP contribution in [0.15, 0.2) is 22.7 Å². The van der Waals surface area contributed by atoms with E-state index in [2.05, 4.69) is 15.9 Å². The van der Waals surface area contributed by atoms with Crippen LogP contribution in [0.1, 0.15) is 10.4 Å². The summed E-state index contributed by atoms with van der Waals surface area (Å²) in [6, 6.07) is 5.23. The maximum Gasteiger partial charge on any atom is 0.320 e. The van der Waals surface area contributed by atoms with Crippen LogP contribution in [-0.2, 0) is 14.3 Å². The fraction of sp³-hybridized carbons (Fsp3) is 0.400. The van der Waals surface area contributed by atoms with Gasteiger partial charge in [-0.2, -0.15) is 0 Å². The molecule has 0 saturated carbocycles. The van der Waals surface area contributed by atoms with Gasteiger partial charge in [-0.3, -0.25) is 24.2 Å². The van der Waals surface area contributed by atoms with Gasteiger partial charge in [-0.1, -0.05) is 15.9 Å². The second-order valence-corrected chi connectivity index (χ2v) is 7.55. The standard InChI is InChI=1S/C15H15BrN2O4S/c1-22-15(21)12-7-17(4-5-23-12)8-18-11-3-2-9(16)6-10(11)13(19)14(18)20/h2-3,6,12H,4-5,7-8H2,1H3/t12-/m0/s1. The number of anilines is 1. The minimum Gasteiger partial charge on any atom is -0.468 e. The molecule has 1 fully saturated rings. The van der Waals surface area contributed by atoms with E-state index in [4.69, 9.17) is 4.74 Å². The van der Waals surface area contributed by atoms with Gasteiger partial charge in [-0.15, -0.1) is 11.8 Å². The van der Waals surface area contributed by atoms with Crippen molar-refractivity contribution < 1.29 is 19.1 Å². The van der Waals surface area contributed by atoms with Crippen molar-refractivity contribution in [3.63, 3.8) is 0 Å². The molecular formula is C15H15BrN2O4S. The number of thioether (sulfide) groups is 1. The fourth-order valence-corrected chi connectivity index (χ4v) is 4.28. The number of carbonyl (C=O) groups is 3. The largest absolute Gasteiger partial charge is 0.468 e. The first-order valence-corrected chi connectivity index (χ1v) is 8.93. The van der Waals surface area contributed by atoms with Gasteiger partial charge in [-0.05, 0) is 18.2 Å². The van der Waals surface area contributed by atoms with Crippen LogP contribution in [0.5, 0.6) is 0 Å². The maximum absolute atomic E-state index is 12.3. The Labute approximate surface area is 146 Å². The molecule has 0 unspecified atom stereocenters. The number of hydrogen-bond acceptors (Lipinski definition) is 6. The Hall–Kier alpha value is -1.38. The first-order valence-electron chi connectivity index (χ1n) is 7.09. The smallest absolute Gasteiger partial charge is 0.320 e. The molecule has 122 valence electrons. The summed E-state index contributed by atoms with van der Waals surface area (Å²) >= 11 is 4.87. The van der Waals surface area contributed by atoms with Gasteiger partial charge in [-0.25, -0.2) is 0 Å². The minimum atomic E-state index is -0.522. The summed E-state index contributed by atoms with van der Waals surface area (Å²) in [5, 5.41) is -0.258. The molecule has 1 aromatic rings. The van der Waals surface area contributed by atoms with Crippen molar-refractivity contribution in [2.75, 3.05) is 37.5 Å². The van der Waals surface area contributed by atoms with E-state index in [-0.39, 0.29) is 11.2 Å². The summed E-state index contributed by atoms with van der Waals surface area (Å²) in [7, 11) is 1.37. The SMILES string of the molecule is COC(=O)[C@@H]1CN(CN2C(=O)C(=O)c3cc(Br)ccc32)CCS1. The highest BCUT2D eigenvalue weighted by atomic mass is 79.9. The van der Waals surface area contributed by atoms with Gasteiger partial charge in [0.25, 0.3) is 5.78 Å². The number of benzene rings is 1. The van der Waals surface area contributed by atoms with Crippen molar-refractivity contribution in [1.29, 1.82) is 0 Å². The molecule has 23 heavy (non-hydrogen) atoms. The molecule has 2 heterocycles. The Balaban J connectivity index is 1.77. The van der Waals surface area contributed by atoms with E-state index < -0.39 is 11.7 Å². The summed E-state index contributed by atoms with van der Waals surface area (Å²) in [4.78, 5) is 39.5. The molecule has 1 atom stereocenters. The van der Waals surface area contributed by atoms with E-state index in [0.717, 1.165) is 16.8 Å². The molecule has 1 amide bonds. The first kappa shape index (κ1) is 16.5. The Morgan fingerprint density at radius 2 is 2.22 bits per heavy atom. The van der Waals surface area contributed by atoms with Crippen LogP contribution in [0.25, 0.3) is 0 Å². The van der Waals surface area contributed by atoms with Crippen LogP contribution in [0.3, 0.4) is 0 Å². The van der Waals surface area contributed by atoms with Crippen molar-refractivity contribution in [1.82, 2.24) is 4.90 Å². The molecule has 3 rings (SSSR count). The molecule has 2 aliphatic rings. The van der Waals surface area contributed by atoms with Gasteiger partial charge in [0.15, 0.2) is 0 Å². The Bertz CT molecular complexity index is 681. The number of halogens is 1. The molecule has 0 aromatic heterocycles. The number of nitrogens with zero attached hydrogens (tertiary/aromatic N) is 2. The number of esters is 1. The Kier molecular flexibility index (Phi) is 4.74. The van der Waals surface area contributed by atoms with Gasteiger partial charge in [0.1, 0.15) is 5.25 Å². The van der Waals surface area contributed by atoms with E-state index >= 15 is 0 Å². The normalized spacial score (nSPS) is 21.5. The van der Waals surface area contributed by atoms with Gasteiger partial charge < -0.3 is 4.74 Å². The lowest BCUT2D eigenvalue weighted by molar-refractivity contribution is -0.140. The fourth-order valence-electron chi connectivity index (χ4n) is 2.72. The molecule has 0 aliphatic carbocycles. The lowest BCUT2D eigenvalue weighted by Gasteiger charge is -2.33. The predicted octanol–water partition coefficient (Wildman–Crippen LogP) is 1.53. The zero-order chi connectivity index (χ0) is 16.6. The van der Waals surface area contributed by atoms with Gasteiger partial charge in [0.2, 0.25) is 0 Å². The highest BCUT2D eigenvalue weighted by Gasteiger charge is 2.38. The van der Waals surface area contributed by atoms with Crippen LogP contribution < -0.4 is 4.90 Å². The van der Waals surface area contributed by atoms with E-state index in [0.29, 0.717) is 24.5 Å². The second-order valence-electron chi connectivity index (χ2n) is 5.32. The van der Waals surface area contributed by atoms with E-state index in [1.807, 2.05) is 4.90 Å². The van der Waals surface area contributed by atoms with Crippen LogP contribution in [0.4, 0.5) is 5.69 Å². The average molecular weight is 399 g/mol. The predicted molar refractivity (Wildman–Crippen MR) is 90.7 cm³/mol. The lowest BCUT2D eigenvalue weighted by Crippen LogP contribution is -2.48. The monoisotopic (exact) mass is 398 g/mol. The number of ketones is 1. The van der Waals surface area contributed by atoms with Gasteiger partial charge in [0.05, 0.1) is 25.0 Å². The van der Waals surface area contributed by atoms with Crippen molar-refractivity contribution >= 4 is 51.0 Å². The summed E-state index contributed by atoms with van der Waals surface area (Å²) in [6.07, 6.45) is 0. The zero-order valence-corrected chi connectivity index (χ0v) is 14.9. The first-order chi connectivity index (χ1) is 11.0. The summed E-state index contributed by atoms with van der Waals surface area (Å²) in [5.41, 5.74) is 1.04. The third-order valence-corrected chi connectivity index (χ3v) is 5.54. The molecule has 0 spiro atoms. The molecule has 1 aromatic carbocycles. The third-order valence-electron chi connectivity index (χ3n) is 3.89. The van der Waals surface area contributed by atoms with E-state index in [1.165, 1.54) is 12.0 Å². The quantitative estimate of drug-likeness (QED) is 0.568. The molecule has 8 heteroatoms. The number of carbonyl (C=O) groups excluding carboxylic acids is 3. The second kappa shape index (κ2) is 6.62. The van der Waals surface area contributed by atoms with Crippen LogP contribution in [-0.4, -0.2) is 60.4 Å². The average Bonchev–Trinajstić information content (AvgIpc) is 2.79. The van der Waals surface area contributed by atoms with Crippen molar-refractivity contribution in [2.45, 2.75) is 5.25 Å². The molecular weight excluding hydrogens is 384 g/mol. The molecule has 0 bridgehead atoms. The molecule has 6 nitrogen and oxygen atoms in total. The number of amides is 1. The number of Topliss-reactive ketones (excluding diaryl/α,β-unsaturated/α-hetero) is 1. The maximum atomic E-state index is 12.3. The van der Waals surface area contributed by atoms with Crippen molar-refractivity contribution in [2.24, 2.45) is 0 Å². The molecule has 0 N–H and O–H groups in total. The van der Waals surface area contributed by atoms with E-state index in [1.54, 1.807) is 30.0 Å². The van der Waals surface area contributed by atoms with Gasteiger partial charge in [0, 0.05) is 23.3 Å². The Morgan fingerprint density at radius 1 is 1.43 bits per heavy atom. The van der Waals surface area contributed by atoms with Crippen LogP contribution >= 0.6 is 27.7 Å². The van der Waals surface area contributed by atoms with Crippen LogP contribution in [0, 0.1) is 0 Å². The molecule has 1 saturated heterocycles. The van der Waals surface area contributed by atoms with Crippen LogP contribution in [0.2, 0.25) is 0 Å². The zero-order valence-electron chi connectivity index (χ0n) is 12.5. The lowest BCUT2D eigenvalue weighted by atomic mass is 10.1. The summed E-state index contributed by atoms with van der Waals surface area (Å²) < 4.78 is 5.55. The summed E-state index contributed by atoms with van der Waals surface area (Å²) in [6.45, 7) is 1.55. The minimum absolute atomic E-state index is 0.257. The molecule has 2 aliphatic heterocycles. The molecule has 0 radical (unpaired) electrons. The topological polar surface area (TPSA) is 66.9 Å². The number of hydrogen-bond donors (Lipinski definition) is 0. The summed E-state index contributed by atoms with van der Waals surface area (Å²) in [5.74, 6) is -0.487. The number of methoxy groups -OCH3 is 1.